The van der Waals surface area contributed by atoms with Crippen molar-refractivity contribution < 1.29 is 9.84 Å². The van der Waals surface area contributed by atoms with Gasteiger partial charge in [-0.3, -0.25) is 0 Å². The molecular formula is C33H58O2. The first kappa shape index (κ1) is 26.5. The van der Waals surface area contributed by atoms with Crippen molar-refractivity contribution in [2.45, 2.75) is 156 Å². The van der Waals surface area contributed by atoms with Gasteiger partial charge in [0, 0.05) is 0 Å². The Morgan fingerprint density at radius 2 is 1.57 bits per heavy atom. The fourth-order valence-corrected chi connectivity index (χ4v) is 10.8. The van der Waals surface area contributed by atoms with Gasteiger partial charge in [0.25, 0.3) is 0 Å². The predicted octanol–water partition coefficient (Wildman–Crippen LogP) is 8.80. The first-order chi connectivity index (χ1) is 16.7. The van der Waals surface area contributed by atoms with Crippen molar-refractivity contribution in [3.63, 3.8) is 0 Å². The molecule has 5 aliphatic carbocycles. The molecule has 0 spiro atoms. The summed E-state index contributed by atoms with van der Waals surface area (Å²) in [6, 6.07) is 0. The molecule has 0 aromatic rings. The average molecular weight is 487 g/mol. The Morgan fingerprint density at radius 3 is 2.34 bits per heavy atom. The molecule has 2 heteroatoms. The molecule has 0 aromatic heterocycles. The van der Waals surface area contributed by atoms with Gasteiger partial charge < -0.3 is 9.84 Å². The average Bonchev–Trinajstić information content (AvgIpc) is 3.12. The zero-order valence-electron chi connectivity index (χ0n) is 23.9. The number of hydrogen-bond acceptors (Lipinski definition) is 2. The molecule has 0 aliphatic heterocycles. The van der Waals surface area contributed by atoms with Gasteiger partial charge in [0.15, 0.2) is 0 Å². The fraction of sp³-hybridized carbons (Fsp3) is 1.00. The van der Waals surface area contributed by atoms with Crippen LogP contribution in [0.1, 0.15) is 137 Å². The summed E-state index contributed by atoms with van der Waals surface area (Å²) in [6.45, 7) is 12.5. The Morgan fingerprint density at radius 1 is 0.800 bits per heavy atom. The molecule has 11 unspecified atom stereocenters. The maximum Gasteiger partial charge on any atom is 0.0606 e. The van der Waals surface area contributed by atoms with Gasteiger partial charge in [-0.25, -0.2) is 0 Å². The van der Waals surface area contributed by atoms with Crippen molar-refractivity contribution in [2.75, 3.05) is 0 Å². The Balaban J connectivity index is 1.18. The van der Waals surface area contributed by atoms with Crippen LogP contribution in [0.2, 0.25) is 0 Å². The van der Waals surface area contributed by atoms with Crippen LogP contribution in [0.25, 0.3) is 0 Å². The van der Waals surface area contributed by atoms with Crippen LogP contribution in [-0.2, 0) is 4.74 Å². The van der Waals surface area contributed by atoms with Gasteiger partial charge in [-0.2, -0.15) is 0 Å². The molecule has 5 fully saturated rings. The summed E-state index contributed by atoms with van der Waals surface area (Å²) in [6.07, 6.45) is 22.4. The van der Waals surface area contributed by atoms with Crippen LogP contribution in [0.4, 0.5) is 0 Å². The molecule has 5 saturated carbocycles. The van der Waals surface area contributed by atoms with Crippen LogP contribution >= 0.6 is 0 Å². The summed E-state index contributed by atoms with van der Waals surface area (Å²) in [4.78, 5) is 0. The molecule has 0 heterocycles. The van der Waals surface area contributed by atoms with E-state index >= 15 is 0 Å². The van der Waals surface area contributed by atoms with Crippen LogP contribution in [0.15, 0.2) is 0 Å². The first-order valence-corrected chi connectivity index (χ1v) is 16.0. The quantitative estimate of drug-likeness (QED) is 0.364. The molecule has 1 N–H and O–H groups in total. The van der Waals surface area contributed by atoms with E-state index in [1.807, 2.05) is 0 Å². The molecule has 202 valence electrons. The van der Waals surface area contributed by atoms with E-state index in [4.69, 9.17) is 4.74 Å². The third-order valence-corrected chi connectivity index (χ3v) is 12.7. The molecule has 35 heavy (non-hydrogen) atoms. The van der Waals surface area contributed by atoms with E-state index in [0.717, 1.165) is 54.8 Å². The maximum atomic E-state index is 10.3. The minimum absolute atomic E-state index is 0.143. The van der Waals surface area contributed by atoms with Gasteiger partial charge in [-0.15, -0.1) is 0 Å². The second kappa shape index (κ2) is 10.6. The SMILES string of the molecule is CC(C)CCCCC1CCC2C3CCC4CC(OC5CC(C)CC(O)C5)CCC4(C)C3CCC12C. The smallest absolute Gasteiger partial charge is 0.0606 e. The van der Waals surface area contributed by atoms with E-state index in [1.165, 1.54) is 83.5 Å². The third-order valence-electron chi connectivity index (χ3n) is 12.7. The maximum absolute atomic E-state index is 10.3. The summed E-state index contributed by atoms with van der Waals surface area (Å²) in [7, 11) is 0. The van der Waals surface area contributed by atoms with Crippen LogP contribution in [-0.4, -0.2) is 23.4 Å². The molecule has 0 saturated heterocycles. The summed E-state index contributed by atoms with van der Waals surface area (Å²) < 4.78 is 6.70. The zero-order valence-corrected chi connectivity index (χ0v) is 23.9. The number of hydrogen-bond donors (Lipinski definition) is 1. The lowest BCUT2D eigenvalue weighted by atomic mass is 9.44. The second-order valence-corrected chi connectivity index (χ2v) is 15.3. The Bertz CT molecular complexity index is 693. The van der Waals surface area contributed by atoms with E-state index < -0.39 is 0 Å². The van der Waals surface area contributed by atoms with Gasteiger partial charge in [0.05, 0.1) is 18.3 Å². The van der Waals surface area contributed by atoms with Gasteiger partial charge in [-0.05, 0) is 136 Å². The summed E-state index contributed by atoms with van der Waals surface area (Å²) in [5.74, 6) is 6.32. The van der Waals surface area contributed by atoms with Gasteiger partial charge in [-0.1, -0.05) is 53.9 Å². The van der Waals surface area contributed by atoms with E-state index in [2.05, 4.69) is 34.6 Å². The highest BCUT2D eigenvalue weighted by atomic mass is 16.5. The van der Waals surface area contributed by atoms with Crippen LogP contribution < -0.4 is 0 Å². The Labute approximate surface area is 217 Å². The number of fused-ring (bicyclic) bond motifs is 5. The van der Waals surface area contributed by atoms with E-state index in [1.54, 1.807) is 0 Å². The highest BCUT2D eigenvalue weighted by Gasteiger charge is 2.60. The molecular weight excluding hydrogens is 428 g/mol. The van der Waals surface area contributed by atoms with Crippen molar-refractivity contribution in [3.05, 3.63) is 0 Å². The molecule has 5 rings (SSSR count). The van der Waals surface area contributed by atoms with Gasteiger partial charge in [0.2, 0.25) is 0 Å². The second-order valence-electron chi connectivity index (χ2n) is 15.3. The normalized spacial score (nSPS) is 50.0. The van der Waals surface area contributed by atoms with Crippen LogP contribution in [0.5, 0.6) is 0 Å². The highest BCUT2D eigenvalue weighted by molar-refractivity contribution is 5.09. The lowest BCUT2D eigenvalue weighted by molar-refractivity contribution is -0.151. The standard InChI is InChI=1S/C33H58O2/c1-22(2)8-6-7-9-24-11-13-30-29-12-10-25-20-27(35-28-19-23(3)18-26(34)21-28)14-16-33(25,5)31(29)15-17-32(24,30)4/h22-31,34H,6-21H2,1-5H3. The van der Waals surface area contributed by atoms with Crippen LogP contribution in [0, 0.1) is 52.3 Å². The lowest BCUT2D eigenvalue weighted by Crippen LogP contribution is -2.54. The number of aliphatic hydroxyl groups excluding tert-OH is 1. The minimum Gasteiger partial charge on any atom is -0.393 e. The number of unbranched alkanes of at least 4 members (excludes halogenated alkanes) is 1. The van der Waals surface area contributed by atoms with Gasteiger partial charge >= 0.3 is 0 Å². The zero-order chi connectivity index (χ0) is 24.8. The fourth-order valence-electron chi connectivity index (χ4n) is 10.8. The summed E-state index contributed by atoms with van der Waals surface area (Å²) in [5.41, 5.74) is 1.19. The third kappa shape index (κ3) is 5.28. The van der Waals surface area contributed by atoms with Gasteiger partial charge in [0.1, 0.15) is 0 Å². The van der Waals surface area contributed by atoms with Crippen LogP contribution in [0.3, 0.4) is 0 Å². The minimum atomic E-state index is -0.143. The van der Waals surface area contributed by atoms with E-state index in [9.17, 15) is 5.11 Å². The Hall–Kier alpha value is -0.0800. The van der Waals surface area contributed by atoms with Crippen molar-refractivity contribution in [1.82, 2.24) is 0 Å². The van der Waals surface area contributed by atoms with E-state index in [-0.39, 0.29) is 6.10 Å². The highest BCUT2D eigenvalue weighted by Crippen LogP contribution is 2.68. The number of rotatable bonds is 7. The van der Waals surface area contributed by atoms with Crippen molar-refractivity contribution in [3.8, 4) is 0 Å². The largest absolute Gasteiger partial charge is 0.393 e. The molecule has 0 radical (unpaired) electrons. The summed E-state index contributed by atoms with van der Waals surface area (Å²) in [5, 5.41) is 10.3. The number of ether oxygens (including phenoxy) is 1. The summed E-state index contributed by atoms with van der Waals surface area (Å²) >= 11 is 0. The molecule has 0 bridgehead atoms. The first-order valence-electron chi connectivity index (χ1n) is 16.0. The van der Waals surface area contributed by atoms with Crippen molar-refractivity contribution in [2.24, 2.45) is 52.3 Å². The van der Waals surface area contributed by atoms with Crippen molar-refractivity contribution >= 4 is 0 Å². The molecule has 0 amide bonds. The number of aliphatic hydroxyl groups is 1. The lowest BCUT2D eigenvalue weighted by Gasteiger charge is -2.61. The molecule has 11 atom stereocenters. The molecule has 2 nitrogen and oxygen atoms in total. The monoisotopic (exact) mass is 486 g/mol. The topological polar surface area (TPSA) is 29.5 Å². The van der Waals surface area contributed by atoms with Crippen molar-refractivity contribution in [1.29, 1.82) is 0 Å². The van der Waals surface area contributed by atoms with E-state index in [0.29, 0.717) is 29.0 Å². The predicted molar refractivity (Wildman–Crippen MR) is 146 cm³/mol. The molecule has 0 aromatic carbocycles. The molecule has 5 aliphatic rings. The Kier molecular flexibility index (Phi) is 8.02.